The molecule has 1 aromatic rings. The molecule has 2 nitrogen and oxygen atoms in total. The van der Waals surface area contributed by atoms with E-state index in [-0.39, 0.29) is 11.4 Å². The molecular formula is C12H16F2N2. The van der Waals surface area contributed by atoms with E-state index >= 15 is 0 Å². The average molecular weight is 226 g/mol. The molecule has 0 heterocycles. The quantitative estimate of drug-likeness (QED) is 0.777. The van der Waals surface area contributed by atoms with E-state index in [0.717, 1.165) is 25.0 Å². The third kappa shape index (κ3) is 2.43. The molecule has 0 spiro atoms. The van der Waals surface area contributed by atoms with E-state index in [9.17, 15) is 8.78 Å². The first-order valence-electron chi connectivity index (χ1n) is 5.65. The first-order valence-corrected chi connectivity index (χ1v) is 5.65. The van der Waals surface area contributed by atoms with Gasteiger partial charge in [0.1, 0.15) is 5.69 Å². The van der Waals surface area contributed by atoms with Gasteiger partial charge in [-0.1, -0.05) is 12.8 Å². The predicted octanol–water partition coefficient (Wildman–Crippen LogP) is 3.15. The zero-order valence-electron chi connectivity index (χ0n) is 9.10. The average Bonchev–Trinajstić information content (AvgIpc) is 2.68. The standard InChI is InChI=1S/C12H16F2N2/c13-10-5-9(15)6-11(14)12(10)16-7-8-3-1-2-4-8/h5-6,8,16H,1-4,7,15H2. The summed E-state index contributed by atoms with van der Waals surface area (Å²) in [5, 5.41) is 2.84. The Balaban J connectivity index is 2.03. The van der Waals surface area contributed by atoms with Crippen LogP contribution in [0.4, 0.5) is 20.2 Å². The minimum absolute atomic E-state index is 0.0545. The van der Waals surface area contributed by atoms with E-state index < -0.39 is 11.6 Å². The number of hydrogen-bond donors (Lipinski definition) is 2. The maximum atomic E-state index is 13.4. The Morgan fingerprint density at radius 2 is 1.75 bits per heavy atom. The molecule has 0 bridgehead atoms. The normalized spacial score (nSPS) is 16.6. The second kappa shape index (κ2) is 4.68. The van der Waals surface area contributed by atoms with Crippen LogP contribution in [0.1, 0.15) is 25.7 Å². The topological polar surface area (TPSA) is 38.0 Å². The van der Waals surface area contributed by atoms with Crippen LogP contribution >= 0.6 is 0 Å². The molecule has 16 heavy (non-hydrogen) atoms. The van der Waals surface area contributed by atoms with Gasteiger partial charge in [-0.15, -0.1) is 0 Å². The summed E-state index contributed by atoms with van der Waals surface area (Å²) in [6.45, 7) is 0.637. The van der Waals surface area contributed by atoms with Crippen molar-refractivity contribution in [2.75, 3.05) is 17.6 Å². The highest BCUT2D eigenvalue weighted by Crippen LogP contribution is 2.27. The molecule has 3 N–H and O–H groups in total. The lowest BCUT2D eigenvalue weighted by atomic mass is 10.1. The zero-order chi connectivity index (χ0) is 11.5. The number of halogens is 2. The molecular weight excluding hydrogens is 210 g/mol. The Bertz CT molecular complexity index is 350. The van der Waals surface area contributed by atoms with Gasteiger partial charge < -0.3 is 11.1 Å². The van der Waals surface area contributed by atoms with Crippen molar-refractivity contribution in [2.45, 2.75) is 25.7 Å². The van der Waals surface area contributed by atoms with E-state index in [1.807, 2.05) is 0 Å². The van der Waals surface area contributed by atoms with E-state index in [1.54, 1.807) is 0 Å². The highest BCUT2D eigenvalue weighted by atomic mass is 19.1. The Kier molecular flexibility index (Phi) is 3.27. The van der Waals surface area contributed by atoms with Crippen LogP contribution in [0.25, 0.3) is 0 Å². The summed E-state index contributed by atoms with van der Waals surface area (Å²) in [6.07, 6.45) is 4.73. The lowest BCUT2D eigenvalue weighted by Crippen LogP contribution is -2.13. The van der Waals surface area contributed by atoms with Gasteiger partial charge in [0.15, 0.2) is 11.6 Å². The summed E-state index contributed by atoms with van der Waals surface area (Å²) in [7, 11) is 0. The fraction of sp³-hybridized carbons (Fsp3) is 0.500. The van der Waals surface area contributed by atoms with Crippen LogP contribution in [-0.4, -0.2) is 6.54 Å². The molecule has 0 amide bonds. The van der Waals surface area contributed by atoms with E-state index in [4.69, 9.17) is 5.73 Å². The Morgan fingerprint density at radius 3 is 2.31 bits per heavy atom. The summed E-state index contributed by atoms with van der Waals surface area (Å²) in [5.74, 6) is -0.692. The van der Waals surface area contributed by atoms with Crippen molar-refractivity contribution in [1.29, 1.82) is 0 Å². The van der Waals surface area contributed by atoms with Crippen LogP contribution in [-0.2, 0) is 0 Å². The van der Waals surface area contributed by atoms with Crippen LogP contribution in [0, 0.1) is 17.6 Å². The summed E-state index contributed by atoms with van der Waals surface area (Å²) in [5.41, 5.74) is 5.40. The third-order valence-corrected chi connectivity index (χ3v) is 3.11. The molecule has 2 rings (SSSR count). The number of benzene rings is 1. The Hall–Kier alpha value is -1.32. The molecule has 4 heteroatoms. The van der Waals surface area contributed by atoms with Crippen LogP contribution in [0.5, 0.6) is 0 Å². The number of nitrogen functional groups attached to an aromatic ring is 1. The largest absolute Gasteiger partial charge is 0.399 e. The SMILES string of the molecule is Nc1cc(F)c(NCC2CCCC2)c(F)c1. The van der Waals surface area contributed by atoms with Crippen LogP contribution < -0.4 is 11.1 Å². The minimum Gasteiger partial charge on any atom is -0.399 e. The second-order valence-corrected chi connectivity index (χ2v) is 4.39. The maximum absolute atomic E-state index is 13.4. The Labute approximate surface area is 93.8 Å². The monoisotopic (exact) mass is 226 g/mol. The summed E-state index contributed by atoms with van der Waals surface area (Å²) >= 11 is 0. The molecule has 0 unspecified atom stereocenters. The molecule has 1 aromatic carbocycles. The summed E-state index contributed by atoms with van der Waals surface area (Å²) in [4.78, 5) is 0. The molecule has 1 aliphatic rings. The van der Waals surface area contributed by atoms with Crippen molar-refractivity contribution in [3.05, 3.63) is 23.8 Å². The summed E-state index contributed by atoms with van der Waals surface area (Å²) in [6, 6.07) is 2.28. The molecule has 88 valence electrons. The molecule has 1 aliphatic carbocycles. The van der Waals surface area contributed by atoms with Gasteiger partial charge in [-0.2, -0.15) is 0 Å². The number of nitrogens with two attached hydrogens (primary N) is 1. The lowest BCUT2D eigenvalue weighted by molar-refractivity contribution is 0.559. The number of nitrogens with one attached hydrogen (secondary N) is 1. The van der Waals surface area contributed by atoms with Crippen molar-refractivity contribution < 1.29 is 8.78 Å². The summed E-state index contributed by atoms with van der Waals surface area (Å²) < 4.78 is 26.8. The first kappa shape index (κ1) is 11.2. The number of rotatable bonds is 3. The van der Waals surface area contributed by atoms with E-state index in [0.29, 0.717) is 12.5 Å². The van der Waals surface area contributed by atoms with Crippen LogP contribution in [0.2, 0.25) is 0 Å². The fourth-order valence-corrected chi connectivity index (χ4v) is 2.22. The number of anilines is 2. The van der Waals surface area contributed by atoms with Gasteiger partial charge >= 0.3 is 0 Å². The van der Waals surface area contributed by atoms with Gasteiger partial charge in [0.2, 0.25) is 0 Å². The van der Waals surface area contributed by atoms with Gasteiger partial charge in [0.05, 0.1) is 0 Å². The van der Waals surface area contributed by atoms with Crippen molar-refractivity contribution in [3.8, 4) is 0 Å². The van der Waals surface area contributed by atoms with Crippen molar-refractivity contribution in [1.82, 2.24) is 0 Å². The predicted molar refractivity (Wildman–Crippen MR) is 61.2 cm³/mol. The zero-order valence-corrected chi connectivity index (χ0v) is 9.10. The first-order chi connectivity index (χ1) is 7.66. The van der Waals surface area contributed by atoms with E-state index in [2.05, 4.69) is 5.32 Å². The van der Waals surface area contributed by atoms with E-state index in [1.165, 1.54) is 12.8 Å². The minimum atomic E-state index is -0.615. The highest BCUT2D eigenvalue weighted by Gasteiger charge is 2.16. The van der Waals surface area contributed by atoms with Gasteiger partial charge in [0.25, 0.3) is 0 Å². The Morgan fingerprint density at radius 1 is 1.19 bits per heavy atom. The highest BCUT2D eigenvalue weighted by molar-refractivity contribution is 5.54. The molecule has 0 saturated heterocycles. The molecule has 0 radical (unpaired) electrons. The molecule has 1 fully saturated rings. The molecule has 1 saturated carbocycles. The maximum Gasteiger partial charge on any atom is 0.151 e. The fourth-order valence-electron chi connectivity index (χ4n) is 2.22. The van der Waals surface area contributed by atoms with Crippen LogP contribution in [0.15, 0.2) is 12.1 Å². The van der Waals surface area contributed by atoms with Crippen molar-refractivity contribution >= 4 is 11.4 Å². The molecule has 0 atom stereocenters. The van der Waals surface area contributed by atoms with Gasteiger partial charge in [-0.05, 0) is 30.9 Å². The van der Waals surface area contributed by atoms with Gasteiger partial charge in [-0.25, -0.2) is 8.78 Å². The van der Waals surface area contributed by atoms with Gasteiger partial charge in [-0.3, -0.25) is 0 Å². The third-order valence-electron chi connectivity index (χ3n) is 3.11. The van der Waals surface area contributed by atoms with Crippen LogP contribution in [0.3, 0.4) is 0 Å². The molecule has 0 aliphatic heterocycles. The van der Waals surface area contributed by atoms with Crippen molar-refractivity contribution in [2.24, 2.45) is 5.92 Å². The smallest absolute Gasteiger partial charge is 0.151 e. The van der Waals surface area contributed by atoms with Crippen molar-refractivity contribution in [3.63, 3.8) is 0 Å². The van der Waals surface area contributed by atoms with Gasteiger partial charge in [0, 0.05) is 12.2 Å². The molecule has 0 aromatic heterocycles. The number of hydrogen-bond acceptors (Lipinski definition) is 2. The lowest BCUT2D eigenvalue weighted by Gasteiger charge is -2.13. The second-order valence-electron chi connectivity index (χ2n) is 4.39.